The highest BCUT2D eigenvalue weighted by Gasteiger charge is 2.26. The predicted molar refractivity (Wildman–Crippen MR) is 106 cm³/mol. The van der Waals surface area contributed by atoms with Crippen LogP contribution in [0.2, 0.25) is 5.02 Å². The molecule has 0 unspecified atom stereocenters. The zero-order valence-electron chi connectivity index (χ0n) is 15.3. The Morgan fingerprint density at radius 3 is 1.93 bits per heavy atom. The van der Waals surface area contributed by atoms with Gasteiger partial charge in [0.05, 0.1) is 18.0 Å². The van der Waals surface area contributed by atoms with Crippen molar-refractivity contribution in [3.8, 4) is 22.5 Å². The number of carbonyl (C=O) groups is 2. The van der Waals surface area contributed by atoms with Crippen molar-refractivity contribution in [2.75, 3.05) is 6.61 Å². The summed E-state index contributed by atoms with van der Waals surface area (Å²) in [5.41, 5.74) is 2.32. The maximum Gasteiger partial charge on any atom is 0.359 e. The summed E-state index contributed by atoms with van der Waals surface area (Å²) in [6.07, 6.45) is 0. The Hall–Kier alpha value is -3.25. The number of hydrogen-bond acceptors (Lipinski definition) is 5. The van der Waals surface area contributed by atoms with Gasteiger partial charge in [0.2, 0.25) is 0 Å². The molecule has 7 heteroatoms. The highest BCUT2D eigenvalue weighted by Crippen LogP contribution is 2.31. The van der Waals surface area contributed by atoms with Crippen molar-refractivity contribution in [1.29, 1.82) is 0 Å². The van der Waals surface area contributed by atoms with E-state index < -0.39 is 17.6 Å². The van der Waals surface area contributed by atoms with E-state index in [1.165, 1.54) is 0 Å². The first-order valence-electron chi connectivity index (χ1n) is 8.56. The molecule has 0 aliphatic carbocycles. The minimum absolute atomic E-state index is 0.0956. The van der Waals surface area contributed by atoms with Gasteiger partial charge in [0.15, 0.2) is 11.4 Å². The van der Waals surface area contributed by atoms with E-state index in [1.54, 1.807) is 31.2 Å². The van der Waals surface area contributed by atoms with Gasteiger partial charge in [-0.3, -0.25) is 0 Å². The van der Waals surface area contributed by atoms with Gasteiger partial charge in [0.25, 0.3) is 0 Å². The van der Waals surface area contributed by atoms with Crippen LogP contribution in [-0.4, -0.2) is 33.6 Å². The Balaban J connectivity index is 2.30. The smallest absolute Gasteiger partial charge is 0.359 e. The third-order valence-electron chi connectivity index (χ3n) is 4.01. The molecule has 2 aromatic carbocycles. The van der Waals surface area contributed by atoms with Crippen LogP contribution < -0.4 is 0 Å². The Morgan fingerprint density at radius 2 is 1.43 bits per heavy atom. The molecule has 0 aliphatic rings. The van der Waals surface area contributed by atoms with E-state index >= 15 is 0 Å². The molecule has 142 valence electrons. The summed E-state index contributed by atoms with van der Waals surface area (Å²) in [5.74, 6) is -2.19. The van der Waals surface area contributed by atoms with Crippen LogP contribution in [0.5, 0.6) is 0 Å². The van der Waals surface area contributed by atoms with E-state index in [2.05, 4.69) is 9.97 Å². The molecule has 28 heavy (non-hydrogen) atoms. The van der Waals surface area contributed by atoms with E-state index in [0.717, 1.165) is 5.56 Å². The minimum Gasteiger partial charge on any atom is -0.476 e. The minimum atomic E-state index is -1.36. The number of aromatic carboxylic acids is 1. The molecule has 0 aliphatic heterocycles. The third-order valence-corrected chi connectivity index (χ3v) is 4.26. The molecule has 1 aromatic heterocycles. The second-order valence-electron chi connectivity index (χ2n) is 6.02. The van der Waals surface area contributed by atoms with Gasteiger partial charge in [-0.15, -0.1) is 0 Å². The van der Waals surface area contributed by atoms with Crippen molar-refractivity contribution in [1.82, 2.24) is 9.97 Å². The van der Waals surface area contributed by atoms with Gasteiger partial charge < -0.3 is 9.84 Å². The second-order valence-corrected chi connectivity index (χ2v) is 6.45. The lowest BCUT2D eigenvalue weighted by Gasteiger charge is -2.13. The number of ether oxygens (including phenoxy) is 1. The van der Waals surface area contributed by atoms with E-state index in [0.29, 0.717) is 27.5 Å². The summed E-state index contributed by atoms with van der Waals surface area (Å²) >= 11 is 5.97. The normalized spacial score (nSPS) is 10.5. The highest BCUT2D eigenvalue weighted by molar-refractivity contribution is 6.30. The molecule has 3 rings (SSSR count). The Labute approximate surface area is 166 Å². The number of carboxylic acid groups (broad SMARTS) is 1. The lowest BCUT2D eigenvalue weighted by atomic mass is 10.0. The molecule has 1 heterocycles. The average molecular weight is 397 g/mol. The first kappa shape index (κ1) is 19.5. The van der Waals surface area contributed by atoms with Crippen LogP contribution in [0.25, 0.3) is 22.5 Å². The number of aromatic nitrogens is 2. The predicted octanol–water partition coefficient (Wildman–Crippen LogP) is 4.65. The van der Waals surface area contributed by atoms with Gasteiger partial charge in [0, 0.05) is 16.1 Å². The number of carbonyl (C=O) groups excluding carboxylic acids is 1. The van der Waals surface area contributed by atoms with Gasteiger partial charge in [-0.1, -0.05) is 53.6 Å². The van der Waals surface area contributed by atoms with Crippen molar-refractivity contribution >= 4 is 23.5 Å². The maximum atomic E-state index is 12.3. The molecule has 0 fully saturated rings. The molecule has 0 saturated heterocycles. The fourth-order valence-electron chi connectivity index (χ4n) is 2.65. The number of benzene rings is 2. The third kappa shape index (κ3) is 4.02. The molecule has 1 N–H and O–H groups in total. The Bertz CT molecular complexity index is 1030. The monoisotopic (exact) mass is 396 g/mol. The maximum absolute atomic E-state index is 12.3. The molecule has 0 radical (unpaired) electrons. The molecular formula is C21H17ClN2O4. The summed E-state index contributed by atoms with van der Waals surface area (Å²) in [4.78, 5) is 32.7. The Kier molecular flexibility index (Phi) is 5.70. The first-order valence-corrected chi connectivity index (χ1v) is 8.94. The van der Waals surface area contributed by atoms with Crippen LogP contribution in [0.1, 0.15) is 33.5 Å². The molecule has 0 atom stereocenters. The topological polar surface area (TPSA) is 89.4 Å². The second kappa shape index (κ2) is 8.19. The molecule has 6 nitrogen and oxygen atoms in total. The van der Waals surface area contributed by atoms with Crippen LogP contribution in [0, 0.1) is 6.92 Å². The van der Waals surface area contributed by atoms with E-state index in [9.17, 15) is 14.7 Å². The summed E-state index contributed by atoms with van der Waals surface area (Å²) in [7, 11) is 0. The molecule has 3 aromatic rings. The number of aryl methyl sites for hydroxylation is 1. The number of esters is 1. The Morgan fingerprint density at radius 1 is 0.929 bits per heavy atom. The van der Waals surface area contributed by atoms with Gasteiger partial charge >= 0.3 is 11.9 Å². The van der Waals surface area contributed by atoms with Crippen LogP contribution >= 0.6 is 11.6 Å². The number of rotatable bonds is 5. The quantitative estimate of drug-likeness (QED) is 0.631. The lowest BCUT2D eigenvalue weighted by molar-refractivity contribution is 0.0505. The number of carboxylic acids is 1. The van der Waals surface area contributed by atoms with Gasteiger partial charge in [-0.2, -0.15) is 0 Å². The molecule has 0 bridgehead atoms. The molecule has 0 spiro atoms. The van der Waals surface area contributed by atoms with Crippen molar-refractivity contribution in [3.63, 3.8) is 0 Å². The van der Waals surface area contributed by atoms with Crippen molar-refractivity contribution in [3.05, 3.63) is 70.5 Å². The molecular weight excluding hydrogens is 380 g/mol. The van der Waals surface area contributed by atoms with Crippen molar-refractivity contribution in [2.24, 2.45) is 0 Å². The lowest BCUT2D eigenvalue weighted by Crippen LogP contribution is -2.17. The molecule has 0 amide bonds. The van der Waals surface area contributed by atoms with Crippen molar-refractivity contribution < 1.29 is 19.4 Å². The molecule has 0 saturated carbocycles. The van der Waals surface area contributed by atoms with Gasteiger partial charge in [0.1, 0.15) is 0 Å². The van der Waals surface area contributed by atoms with E-state index in [1.807, 2.05) is 31.2 Å². The standard InChI is InChI=1S/C21H17ClN2O4/c1-3-28-21(27)19-18(20(25)26)23-16(14-8-10-15(22)11-9-14)17(24-19)13-6-4-12(2)5-7-13/h4-11H,3H2,1-2H3,(H,25,26). The fraction of sp³-hybridized carbons (Fsp3) is 0.143. The van der Waals surface area contributed by atoms with Crippen LogP contribution in [0.15, 0.2) is 48.5 Å². The highest BCUT2D eigenvalue weighted by atomic mass is 35.5. The average Bonchev–Trinajstić information content (AvgIpc) is 2.68. The van der Waals surface area contributed by atoms with E-state index in [4.69, 9.17) is 16.3 Å². The number of hydrogen-bond donors (Lipinski definition) is 1. The van der Waals surface area contributed by atoms with E-state index in [-0.39, 0.29) is 12.3 Å². The van der Waals surface area contributed by atoms with Crippen molar-refractivity contribution in [2.45, 2.75) is 13.8 Å². The zero-order valence-corrected chi connectivity index (χ0v) is 16.0. The van der Waals surface area contributed by atoms with Crippen LogP contribution in [0.4, 0.5) is 0 Å². The number of halogens is 1. The summed E-state index contributed by atoms with van der Waals surface area (Å²) in [5, 5.41) is 10.1. The van der Waals surface area contributed by atoms with Gasteiger partial charge in [-0.05, 0) is 26.0 Å². The SMILES string of the molecule is CCOC(=O)c1nc(-c2ccc(C)cc2)c(-c2ccc(Cl)cc2)nc1C(=O)O. The fourth-order valence-corrected chi connectivity index (χ4v) is 2.77. The largest absolute Gasteiger partial charge is 0.476 e. The summed E-state index contributed by atoms with van der Waals surface area (Å²) < 4.78 is 4.97. The summed E-state index contributed by atoms with van der Waals surface area (Å²) in [6.45, 7) is 3.68. The summed E-state index contributed by atoms with van der Waals surface area (Å²) in [6, 6.07) is 14.3. The van der Waals surface area contributed by atoms with Gasteiger partial charge in [-0.25, -0.2) is 19.6 Å². The zero-order chi connectivity index (χ0) is 20.3. The first-order chi connectivity index (χ1) is 13.4. The van der Waals surface area contributed by atoms with Crippen LogP contribution in [-0.2, 0) is 4.74 Å². The number of nitrogens with zero attached hydrogens (tertiary/aromatic N) is 2. The van der Waals surface area contributed by atoms with Crippen LogP contribution in [0.3, 0.4) is 0 Å².